The molecule has 1 aliphatic rings. The maximum absolute atomic E-state index is 11.7. The second kappa shape index (κ2) is 6.78. The molecule has 0 atom stereocenters. The Hall–Kier alpha value is -3.13. The highest BCUT2D eigenvalue weighted by Crippen LogP contribution is 2.35. The Bertz CT molecular complexity index is 917. The van der Waals surface area contributed by atoms with Gasteiger partial charge in [-0.15, -0.1) is 11.3 Å². The molecular weight excluding hydrogens is 344 g/mol. The van der Waals surface area contributed by atoms with Gasteiger partial charge in [0.2, 0.25) is 12.6 Å². The highest BCUT2D eigenvalue weighted by Gasteiger charge is 2.16. The van der Waals surface area contributed by atoms with Gasteiger partial charge in [0.1, 0.15) is 0 Å². The van der Waals surface area contributed by atoms with Crippen LogP contribution in [-0.2, 0) is 16.1 Å². The second-order valence-electron chi connectivity index (χ2n) is 5.04. The molecule has 25 heavy (non-hydrogen) atoms. The number of nitrogens with zero attached hydrogens (tertiary/aromatic N) is 2. The van der Waals surface area contributed by atoms with E-state index in [1.54, 1.807) is 24.3 Å². The summed E-state index contributed by atoms with van der Waals surface area (Å²) in [4.78, 5) is 16.9. The molecule has 0 radical (unpaired) electrons. The molecule has 0 amide bonds. The quantitative estimate of drug-likeness (QED) is 0.512. The third kappa shape index (κ3) is 3.53. The van der Waals surface area contributed by atoms with Crippen molar-refractivity contribution in [3.63, 3.8) is 0 Å². The standard InChI is InChI=1S/C17H12N2O5S/c20-16(6-4-12-2-1-7-25-12)21-9-15-18-17(19-24-15)11-3-5-13-14(8-11)23-10-22-13/h1-8H,9-10H2/b6-4+. The normalized spacial score (nSPS) is 12.6. The summed E-state index contributed by atoms with van der Waals surface area (Å²) in [5, 5.41) is 5.82. The SMILES string of the molecule is O=C(/C=C/c1cccs1)OCc1nc(-c2ccc3c(c2)OCO3)no1. The minimum absolute atomic E-state index is 0.0921. The van der Waals surface area contributed by atoms with Gasteiger partial charge in [-0.1, -0.05) is 11.2 Å². The topological polar surface area (TPSA) is 83.7 Å². The van der Waals surface area contributed by atoms with Crippen molar-refractivity contribution in [2.24, 2.45) is 0 Å². The first kappa shape index (κ1) is 15.4. The third-order valence-corrected chi connectivity index (χ3v) is 4.20. The Morgan fingerprint density at radius 3 is 3.08 bits per heavy atom. The number of benzene rings is 1. The first-order valence-electron chi connectivity index (χ1n) is 7.39. The van der Waals surface area contributed by atoms with Crippen molar-refractivity contribution >= 4 is 23.4 Å². The molecule has 0 saturated carbocycles. The van der Waals surface area contributed by atoms with E-state index in [1.165, 1.54) is 17.4 Å². The smallest absolute Gasteiger partial charge is 0.331 e. The summed E-state index contributed by atoms with van der Waals surface area (Å²) >= 11 is 1.53. The first-order chi connectivity index (χ1) is 12.3. The van der Waals surface area contributed by atoms with Crippen LogP contribution in [0.25, 0.3) is 17.5 Å². The summed E-state index contributed by atoms with van der Waals surface area (Å²) in [5.74, 6) is 1.44. The molecule has 7 nitrogen and oxygen atoms in total. The molecule has 4 rings (SSSR count). The summed E-state index contributed by atoms with van der Waals surface area (Å²) in [6, 6.07) is 9.17. The monoisotopic (exact) mass is 356 g/mol. The van der Waals surface area contributed by atoms with Crippen LogP contribution in [0.15, 0.2) is 46.3 Å². The Labute approximate surface area is 146 Å². The van der Waals surface area contributed by atoms with Crippen LogP contribution in [0.4, 0.5) is 0 Å². The summed E-state index contributed by atoms with van der Waals surface area (Å²) < 4.78 is 20.8. The largest absolute Gasteiger partial charge is 0.454 e. The number of carbonyl (C=O) groups excluding carboxylic acids is 1. The zero-order valence-corrected chi connectivity index (χ0v) is 13.7. The number of hydrogen-bond acceptors (Lipinski definition) is 8. The molecule has 8 heteroatoms. The van der Waals surface area contributed by atoms with Crippen LogP contribution < -0.4 is 9.47 Å². The van der Waals surface area contributed by atoms with Gasteiger partial charge in [0.25, 0.3) is 5.89 Å². The number of rotatable bonds is 5. The Morgan fingerprint density at radius 1 is 1.28 bits per heavy atom. The summed E-state index contributed by atoms with van der Waals surface area (Å²) in [7, 11) is 0. The molecule has 0 fully saturated rings. The van der Waals surface area contributed by atoms with Crippen molar-refractivity contribution in [3.8, 4) is 22.9 Å². The molecule has 0 saturated heterocycles. The fourth-order valence-electron chi connectivity index (χ4n) is 2.18. The lowest BCUT2D eigenvalue weighted by atomic mass is 10.2. The van der Waals surface area contributed by atoms with Gasteiger partial charge >= 0.3 is 5.97 Å². The van der Waals surface area contributed by atoms with Gasteiger partial charge in [0.15, 0.2) is 18.1 Å². The Kier molecular flexibility index (Phi) is 4.17. The van der Waals surface area contributed by atoms with Crippen molar-refractivity contribution in [1.29, 1.82) is 0 Å². The predicted octanol–water partition coefficient (Wildman–Crippen LogP) is 3.28. The van der Waals surface area contributed by atoms with Gasteiger partial charge in [-0.2, -0.15) is 4.98 Å². The molecule has 0 aliphatic carbocycles. The van der Waals surface area contributed by atoms with Gasteiger partial charge in [0, 0.05) is 16.5 Å². The predicted molar refractivity (Wildman–Crippen MR) is 89.0 cm³/mol. The van der Waals surface area contributed by atoms with E-state index in [0.29, 0.717) is 17.3 Å². The maximum Gasteiger partial charge on any atom is 0.331 e. The minimum Gasteiger partial charge on any atom is -0.454 e. The van der Waals surface area contributed by atoms with E-state index in [-0.39, 0.29) is 19.3 Å². The average molecular weight is 356 g/mol. The van der Waals surface area contributed by atoms with Gasteiger partial charge in [-0.05, 0) is 35.7 Å². The van der Waals surface area contributed by atoms with Crippen LogP contribution in [0.2, 0.25) is 0 Å². The number of aromatic nitrogens is 2. The zero-order valence-electron chi connectivity index (χ0n) is 12.9. The van der Waals surface area contributed by atoms with E-state index in [4.69, 9.17) is 18.7 Å². The minimum atomic E-state index is -0.476. The fraction of sp³-hybridized carbons (Fsp3) is 0.118. The number of hydrogen-bond donors (Lipinski definition) is 0. The molecule has 0 unspecified atom stereocenters. The van der Waals surface area contributed by atoms with E-state index in [0.717, 1.165) is 10.4 Å². The lowest BCUT2D eigenvalue weighted by Crippen LogP contribution is -2.00. The molecule has 3 heterocycles. The van der Waals surface area contributed by atoms with Crippen LogP contribution in [0, 0.1) is 0 Å². The molecule has 0 spiro atoms. The van der Waals surface area contributed by atoms with Crippen molar-refractivity contribution in [2.75, 3.05) is 6.79 Å². The van der Waals surface area contributed by atoms with Crippen molar-refractivity contribution in [2.45, 2.75) is 6.61 Å². The number of carbonyl (C=O) groups is 1. The van der Waals surface area contributed by atoms with Crippen LogP contribution in [0.3, 0.4) is 0 Å². The number of esters is 1. The molecule has 0 bridgehead atoms. The van der Waals surface area contributed by atoms with Crippen LogP contribution in [0.1, 0.15) is 10.8 Å². The molecule has 1 aromatic carbocycles. The van der Waals surface area contributed by atoms with E-state index in [2.05, 4.69) is 10.1 Å². The number of ether oxygens (including phenoxy) is 3. The molecule has 0 N–H and O–H groups in total. The molecule has 126 valence electrons. The molecule has 1 aliphatic heterocycles. The molecule has 3 aromatic rings. The summed E-state index contributed by atoms with van der Waals surface area (Å²) in [6.45, 7) is 0.108. The van der Waals surface area contributed by atoms with E-state index in [9.17, 15) is 4.79 Å². The molecule has 2 aromatic heterocycles. The van der Waals surface area contributed by atoms with E-state index < -0.39 is 5.97 Å². The van der Waals surface area contributed by atoms with Crippen LogP contribution in [0.5, 0.6) is 11.5 Å². The average Bonchev–Trinajstić information content (AvgIpc) is 3.39. The van der Waals surface area contributed by atoms with Crippen molar-refractivity contribution in [3.05, 3.63) is 52.6 Å². The van der Waals surface area contributed by atoms with Crippen molar-refractivity contribution < 1.29 is 23.5 Å². The first-order valence-corrected chi connectivity index (χ1v) is 8.27. The fourth-order valence-corrected chi connectivity index (χ4v) is 2.80. The highest BCUT2D eigenvalue weighted by molar-refractivity contribution is 7.10. The van der Waals surface area contributed by atoms with Gasteiger partial charge < -0.3 is 18.7 Å². The van der Waals surface area contributed by atoms with Gasteiger partial charge in [-0.3, -0.25) is 0 Å². The molecular formula is C17H12N2O5S. The summed E-state index contributed by atoms with van der Waals surface area (Å²) in [6.07, 6.45) is 3.06. The van der Waals surface area contributed by atoms with E-state index >= 15 is 0 Å². The number of thiophene rings is 1. The lowest BCUT2D eigenvalue weighted by molar-refractivity contribution is -0.139. The second-order valence-corrected chi connectivity index (χ2v) is 6.02. The Balaban J connectivity index is 1.37. The third-order valence-electron chi connectivity index (χ3n) is 3.36. The van der Waals surface area contributed by atoms with E-state index in [1.807, 2.05) is 17.5 Å². The zero-order chi connectivity index (χ0) is 17.1. The summed E-state index contributed by atoms with van der Waals surface area (Å²) in [5.41, 5.74) is 0.725. The van der Waals surface area contributed by atoms with Crippen LogP contribution >= 0.6 is 11.3 Å². The number of fused-ring (bicyclic) bond motifs is 1. The highest BCUT2D eigenvalue weighted by atomic mass is 32.1. The maximum atomic E-state index is 11.7. The Morgan fingerprint density at radius 2 is 2.20 bits per heavy atom. The van der Waals surface area contributed by atoms with Gasteiger partial charge in [0.05, 0.1) is 0 Å². The van der Waals surface area contributed by atoms with Crippen molar-refractivity contribution in [1.82, 2.24) is 10.1 Å². The lowest BCUT2D eigenvalue weighted by Gasteiger charge is -1.98. The van der Waals surface area contributed by atoms with Crippen LogP contribution in [-0.4, -0.2) is 22.9 Å². The van der Waals surface area contributed by atoms with Gasteiger partial charge in [-0.25, -0.2) is 4.79 Å².